The maximum absolute atomic E-state index is 5.38. The molecule has 2 heterocycles. The second-order valence-corrected chi connectivity index (χ2v) is 6.02. The maximum Gasteiger partial charge on any atom is 0.209 e. The van der Waals surface area contributed by atoms with Crippen LogP contribution in [0.3, 0.4) is 0 Å². The zero-order chi connectivity index (χ0) is 14.7. The number of para-hydroxylation sites is 1. The van der Waals surface area contributed by atoms with Crippen LogP contribution in [0.4, 0.5) is 0 Å². The maximum atomic E-state index is 5.38. The fourth-order valence-corrected chi connectivity index (χ4v) is 3.50. The molecule has 0 amide bonds. The predicted octanol–water partition coefficient (Wildman–Crippen LogP) is 2.63. The van der Waals surface area contributed by atoms with E-state index in [4.69, 9.17) is 4.74 Å². The highest BCUT2D eigenvalue weighted by molar-refractivity contribution is 7.98. The van der Waals surface area contributed by atoms with Crippen LogP contribution in [0.1, 0.15) is 5.69 Å². The number of ether oxygens (including phenoxy) is 1. The van der Waals surface area contributed by atoms with Crippen molar-refractivity contribution in [3.63, 3.8) is 0 Å². The molecule has 1 aromatic carbocycles. The first-order valence-electron chi connectivity index (χ1n) is 6.21. The minimum Gasteiger partial charge on any atom is -0.496 e. The summed E-state index contributed by atoms with van der Waals surface area (Å²) in [5.74, 6) is 1.57. The molecule has 108 valence electrons. The van der Waals surface area contributed by atoms with E-state index in [9.17, 15) is 0 Å². The summed E-state index contributed by atoms with van der Waals surface area (Å²) in [6.07, 6.45) is 0. The number of methoxy groups -OCH3 is 1. The number of nitrogens with zero attached hydrogens (tertiary/aromatic N) is 5. The van der Waals surface area contributed by atoms with Crippen molar-refractivity contribution in [2.45, 2.75) is 10.9 Å². The third-order valence-corrected chi connectivity index (χ3v) is 4.79. The van der Waals surface area contributed by atoms with E-state index in [0.717, 1.165) is 32.9 Å². The molecule has 0 radical (unpaired) electrons. The fourth-order valence-electron chi connectivity index (χ4n) is 1.80. The van der Waals surface area contributed by atoms with Gasteiger partial charge in [0.05, 0.1) is 18.4 Å². The molecular formula is C13H13N5OS2. The largest absolute Gasteiger partial charge is 0.496 e. The Labute approximate surface area is 130 Å². The number of hydrogen-bond acceptors (Lipinski definition) is 7. The van der Waals surface area contributed by atoms with E-state index in [1.54, 1.807) is 34.9 Å². The summed E-state index contributed by atoms with van der Waals surface area (Å²) in [6, 6.07) is 7.89. The van der Waals surface area contributed by atoms with Crippen molar-refractivity contribution in [1.29, 1.82) is 0 Å². The van der Waals surface area contributed by atoms with Gasteiger partial charge in [0.15, 0.2) is 0 Å². The van der Waals surface area contributed by atoms with Gasteiger partial charge in [-0.15, -0.1) is 16.4 Å². The smallest absolute Gasteiger partial charge is 0.209 e. The van der Waals surface area contributed by atoms with Crippen molar-refractivity contribution in [3.05, 3.63) is 35.3 Å². The van der Waals surface area contributed by atoms with E-state index in [2.05, 4.69) is 25.9 Å². The normalized spacial score (nSPS) is 10.8. The van der Waals surface area contributed by atoms with E-state index in [1.807, 2.05) is 31.3 Å². The van der Waals surface area contributed by atoms with Gasteiger partial charge in [-0.1, -0.05) is 23.9 Å². The zero-order valence-electron chi connectivity index (χ0n) is 11.6. The highest BCUT2D eigenvalue weighted by atomic mass is 32.2. The van der Waals surface area contributed by atoms with Gasteiger partial charge in [0.2, 0.25) is 5.16 Å². The van der Waals surface area contributed by atoms with Crippen molar-refractivity contribution < 1.29 is 4.74 Å². The molecular weight excluding hydrogens is 306 g/mol. The lowest BCUT2D eigenvalue weighted by molar-refractivity contribution is 0.416. The Kier molecular flexibility index (Phi) is 4.16. The van der Waals surface area contributed by atoms with Gasteiger partial charge in [0.1, 0.15) is 10.8 Å². The van der Waals surface area contributed by atoms with Gasteiger partial charge < -0.3 is 4.74 Å². The van der Waals surface area contributed by atoms with E-state index < -0.39 is 0 Å². The van der Waals surface area contributed by atoms with Gasteiger partial charge in [-0.3, -0.25) is 0 Å². The molecule has 0 saturated carbocycles. The molecule has 8 heteroatoms. The third-order valence-electron chi connectivity index (χ3n) is 2.82. The summed E-state index contributed by atoms with van der Waals surface area (Å²) >= 11 is 3.18. The molecule has 0 atom stereocenters. The van der Waals surface area contributed by atoms with Crippen molar-refractivity contribution >= 4 is 23.1 Å². The van der Waals surface area contributed by atoms with Crippen LogP contribution in [0, 0.1) is 0 Å². The highest BCUT2D eigenvalue weighted by Gasteiger charge is 2.11. The summed E-state index contributed by atoms with van der Waals surface area (Å²) < 4.78 is 7.03. The topological polar surface area (TPSA) is 65.7 Å². The minimum absolute atomic E-state index is 0.736. The Balaban J connectivity index is 1.76. The van der Waals surface area contributed by atoms with E-state index in [0.29, 0.717) is 0 Å². The Morgan fingerprint density at radius 1 is 1.33 bits per heavy atom. The number of benzene rings is 1. The molecule has 0 aliphatic heterocycles. The molecule has 0 unspecified atom stereocenters. The van der Waals surface area contributed by atoms with E-state index in [1.165, 1.54) is 0 Å². The molecule has 0 aliphatic carbocycles. The first kappa shape index (κ1) is 14.0. The van der Waals surface area contributed by atoms with Crippen LogP contribution in [-0.2, 0) is 12.8 Å². The van der Waals surface area contributed by atoms with Gasteiger partial charge in [-0.2, -0.15) is 0 Å². The first-order chi connectivity index (χ1) is 10.3. The Morgan fingerprint density at radius 3 is 2.95 bits per heavy atom. The predicted molar refractivity (Wildman–Crippen MR) is 82.5 cm³/mol. The summed E-state index contributed by atoms with van der Waals surface area (Å²) in [5, 5.41) is 15.2. The van der Waals surface area contributed by atoms with Crippen LogP contribution in [0.25, 0.3) is 10.6 Å². The van der Waals surface area contributed by atoms with Gasteiger partial charge in [0.25, 0.3) is 0 Å². The molecule has 0 bridgehead atoms. The van der Waals surface area contributed by atoms with Gasteiger partial charge in [-0.05, 0) is 22.6 Å². The summed E-state index contributed by atoms with van der Waals surface area (Å²) in [5.41, 5.74) is 2.02. The molecule has 0 spiro atoms. The second-order valence-electron chi connectivity index (χ2n) is 4.22. The van der Waals surface area contributed by atoms with Crippen LogP contribution >= 0.6 is 23.1 Å². The van der Waals surface area contributed by atoms with Crippen LogP contribution in [-0.4, -0.2) is 32.3 Å². The number of hydrogen-bond donors (Lipinski definition) is 0. The monoisotopic (exact) mass is 319 g/mol. The van der Waals surface area contributed by atoms with Crippen molar-refractivity contribution in [3.8, 4) is 16.3 Å². The number of aryl methyl sites for hydroxylation is 1. The van der Waals surface area contributed by atoms with Gasteiger partial charge in [-0.25, -0.2) is 9.67 Å². The molecule has 3 aromatic rings. The molecule has 0 fully saturated rings. The van der Waals surface area contributed by atoms with Gasteiger partial charge >= 0.3 is 0 Å². The van der Waals surface area contributed by atoms with E-state index >= 15 is 0 Å². The Hall–Kier alpha value is -1.93. The zero-order valence-corrected chi connectivity index (χ0v) is 13.2. The number of tetrazole rings is 1. The van der Waals surface area contributed by atoms with Crippen molar-refractivity contribution in [2.75, 3.05) is 7.11 Å². The average molecular weight is 319 g/mol. The van der Waals surface area contributed by atoms with Crippen LogP contribution in [0.2, 0.25) is 0 Å². The number of thiazole rings is 1. The molecule has 0 N–H and O–H groups in total. The van der Waals surface area contributed by atoms with Crippen LogP contribution in [0.15, 0.2) is 34.8 Å². The van der Waals surface area contributed by atoms with Gasteiger partial charge in [0, 0.05) is 18.2 Å². The standard InChI is InChI=1S/C13H13N5OS2/c1-18-13(15-16-17-18)21-8-9-7-20-12(14-9)10-5-3-4-6-11(10)19-2/h3-7H,8H2,1-2H3. The minimum atomic E-state index is 0.736. The quantitative estimate of drug-likeness (QED) is 0.674. The van der Waals surface area contributed by atoms with Crippen LogP contribution < -0.4 is 4.74 Å². The fraction of sp³-hybridized carbons (Fsp3) is 0.231. The number of rotatable bonds is 5. The summed E-state index contributed by atoms with van der Waals surface area (Å²) in [4.78, 5) is 4.66. The first-order valence-corrected chi connectivity index (χ1v) is 8.07. The molecule has 2 aromatic heterocycles. The van der Waals surface area contributed by atoms with Crippen molar-refractivity contribution in [1.82, 2.24) is 25.2 Å². The lowest BCUT2D eigenvalue weighted by Crippen LogP contribution is -1.93. The number of aromatic nitrogens is 5. The SMILES string of the molecule is COc1ccccc1-c1nc(CSc2nnnn2C)cs1. The molecule has 6 nitrogen and oxygen atoms in total. The lowest BCUT2D eigenvalue weighted by Gasteiger charge is -2.04. The molecule has 21 heavy (non-hydrogen) atoms. The second kappa shape index (κ2) is 6.23. The van der Waals surface area contributed by atoms with Crippen LogP contribution in [0.5, 0.6) is 5.75 Å². The summed E-state index contributed by atoms with van der Waals surface area (Å²) in [6.45, 7) is 0. The lowest BCUT2D eigenvalue weighted by atomic mass is 10.2. The third kappa shape index (κ3) is 3.06. The molecule has 0 aliphatic rings. The van der Waals surface area contributed by atoms with Crippen molar-refractivity contribution in [2.24, 2.45) is 7.05 Å². The Morgan fingerprint density at radius 2 is 2.19 bits per heavy atom. The highest BCUT2D eigenvalue weighted by Crippen LogP contribution is 2.32. The molecule has 0 saturated heterocycles. The Bertz CT molecular complexity index is 740. The molecule has 3 rings (SSSR count). The summed E-state index contributed by atoms with van der Waals surface area (Å²) in [7, 11) is 3.49. The van der Waals surface area contributed by atoms with E-state index in [-0.39, 0.29) is 0 Å². The number of thioether (sulfide) groups is 1. The average Bonchev–Trinajstić information content (AvgIpc) is 3.14.